The van der Waals surface area contributed by atoms with E-state index < -0.39 is 5.92 Å². The van der Waals surface area contributed by atoms with Crippen molar-refractivity contribution in [1.29, 1.82) is 0 Å². The molecule has 0 bridgehead atoms. The Kier molecular flexibility index (Phi) is 4.40. The predicted octanol–water partition coefficient (Wildman–Crippen LogP) is 4.82. The van der Waals surface area contributed by atoms with Crippen LogP contribution in [0.5, 0.6) is 0 Å². The molecule has 0 fully saturated rings. The van der Waals surface area contributed by atoms with E-state index in [9.17, 15) is 9.59 Å². The van der Waals surface area contributed by atoms with Crippen LogP contribution in [-0.4, -0.2) is 21.5 Å². The van der Waals surface area contributed by atoms with Crippen molar-refractivity contribution in [3.8, 4) is 5.69 Å². The summed E-state index contributed by atoms with van der Waals surface area (Å²) in [6.07, 6.45) is 0.112. The van der Waals surface area contributed by atoms with E-state index in [0.29, 0.717) is 15.0 Å². The molecule has 5 nitrogen and oxygen atoms in total. The first kappa shape index (κ1) is 17.9. The number of fused-ring (bicyclic) bond motifs is 1. The normalized spacial score (nSPS) is 16.1. The molecule has 3 heterocycles. The third kappa shape index (κ3) is 3.19. The van der Waals surface area contributed by atoms with E-state index >= 15 is 0 Å². The molecular weight excluding hydrogens is 382 g/mol. The largest absolute Gasteiger partial charge is 0.310 e. The number of Topliss-reactive ketones (excluding diaryl/α,β-unsaturated/α-hetero) is 1. The standard InChI is InChI=1S/C20H18ClN3O2S/c1-10-6-11(2)8-13(7-10)24-20-18(12(3)23-24)14(9-17(25)22-20)19(26)15-4-5-16(21)27-15/h4-8,14H,9H2,1-3H3,(H,22,25)/t14-/m0/s1. The van der Waals surface area contributed by atoms with Crippen LogP contribution in [0.25, 0.3) is 5.69 Å². The number of thiophene rings is 1. The monoisotopic (exact) mass is 399 g/mol. The summed E-state index contributed by atoms with van der Waals surface area (Å²) in [7, 11) is 0. The van der Waals surface area contributed by atoms with E-state index in [0.717, 1.165) is 28.1 Å². The summed E-state index contributed by atoms with van der Waals surface area (Å²) in [6.45, 7) is 5.91. The zero-order valence-corrected chi connectivity index (χ0v) is 16.7. The van der Waals surface area contributed by atoms with Crippen LogP contribution in [0.3, 0.4) is 0 Å². The molecule has 4 rings (SSSR count). The first-order chi connectivity index (χ1) is 12.8. The van der Waals surface area contributed by atoms with Crippen LogP contribution < -0.4 is 5.32 Å². The van der Waals surface area contributed by atoms with Crippen LogP contribution in [0, 0.1) is 20.8 Å². The van der Waals surface area contributed by atoms with Gasteiger partial charge in [0.2, 0.25) is 5.91 Å². The summed E-state index contributed by atoms with van der Waals surface area (Å²) < 4.78 is 2.28. The summed E-state index contributed by atoms with van der Waals surface area (Å²) in [5.41, 5.74) is 4.60. The van der Waals surface area contributed by atoms with Crippen molar-refractivity contribution < 1.29 is 9.59 Å². The number of benzene rings is 1. The predicted molar refractivity (Wildman–Crippen MR) is 107 cm³/mol. The molecule has 1 atom stereocenters. The van der Waals surface area contributed by atoms with Crippen molar-refractivity contribution in [2.45, 2.75) is 33.1 Å². The van der Waals surface area contributed by atoms with Crippen LogP contribution in [0.4, 0.5) is 5.82 Å². The molecule has 0 saturated heterocycles. The molecule has 0 radical (unpaired) electrons. The molecule has 3 aromatic rings. The van der Waals surface area contributed by atoms with Gasteiger partial charge >= 0.3 is 0 Å². The van der Waals surface area contributed by atoms with E-state index in [-0.39, 0.29) is 18.1 Å². The third-order valence-corrected chi connectivity index (χ3v) is 5.93. The Labute approximate surface area is 166 Å². The van der Waals surface area contributed by atoms with Gasteiger partial charge in [-0.1, -0.05) is 17.7 Å². The van der Waals surface area contributed by atoms with Crippen LogP contribution in [0.1, 0.15) is 44.4 Å². The van der Waals surface area contributed by atoms with Crippen molar-refractivity contribution in [3.63, 3.8) is 0 Å². The minimum Gasteiger partial charge on any atom is -0.310 e. The highest BCUT2D eigenvalue weighted by Crippen LogP contribution is 2.39. The second-order valence-corrected chi connectivity index (χ2v) is 8.59. The number of nitrogens with one attached hydrogen (secondary N) is 1. The van der Waals surface area contributed by atoms with Crippen LogP contribution in [0.15, 0.2) is 30.3 Å². The number of aryl methyl sites for hydroxylation is 3. The fourth-order valence-corrected chi connectivity index (χ4v) is 4.69. The van der Waals surface area contributed by atoms with Crippen LogP contribution in [0.2, 0.25) is 4.34 Å². The Hall–Kier alpha value is -2.44. The fraction of sp³-hybridized carbons (Fsp3) is 0.250. The van der Waals surface area contributed by atoms with Gasteiger partial charge in [0.1, 0.15) is 5.82 Å². The zero-order valence-electron chi connectivity index (χ0n) is 15.2. The van der Waals surface area contributed by atoms with Gasteiger partial charge < -0.3 is 5.32 Å². The lowest BCUT2D eigenvalue weighted by molar-refractivity contribution is -0.116. The summed E-state index contributed by atoms with van der Waals surface area (Å²) >= 11 is 7.22. The third-order valence-electron chi connectivity index (χ3n) is 4.69. The van der Waals surface area contributed by atoms with Crippen molar-refractivity contribution in [3.05, 3.63) is 61.9 Å². The lowest BCUT2D eigenvalue weighted by atomic mass is 9.87. The molecule has 1 aliphatic heterocycles. The lowest BCUT2D eigenvalue weighted by Crippen LogP contribution is -2.28. The number of ketones is 1. The van der Waals surface area contributed by atoms with E-state index in [1.807, 2.05) is 32.9 Å². The lowest BCUT2D eigenvalue weighted by Gasteiger charge is -2.22. The fourth-order valence-electron chi connectivity index (χ4n) is 3.65. The molecule has 1 N–H and O–H groups in total. The molecule has 0 unspecified atom stereocenters. The van der Waals surface area contributed by atoms with E-state index in [1.165, 1.54) is 11.3 Å². The maximum absolute atomic E-state index is 13.1. The number of amides is 1. The molecule has 1 aliphatic rings. The highest BCUT2D eigenvalue weighted by Gasteiger charge is 2.36. The Bertz CT molecular complexity index is 1060. The minimum absolute atomic E-state index is 0.0916. The van der Waals surface area contributed by atoms with Crippen molar-refractivity contribution >= 4 is 40.4 Å². The number of aromatic nitrogens is 2. The summed E-state index contributed by atoms with van der Waals surface area (Å²) in [6, 6.07) is 9.52. The van der Waals surface area contributed by atoms with E-state index in [1.54, 1.807) is 16.8 Å². The molecule has 0 spiro atoms. The van der Waals surface area contributed by atoms with Gasteiger partial charge in [-0.05, 0) is 56.2 Å². The molecular formula is C20H18ClN3O2S. The number of nitrogens with zero attached hydrogens (tertiary/aromatic N) is 2. The first-order valence-corrected chi connectivity index (χ1v) is 9.80. The topological polar surface area (TPSA) is 64.0 Å². The molecule has 7 heteroatoms. The highest BCUT2D eigenvalue weighted by atomic mass is 35.5. The van der Waals surface area contributed by atoms with Gasteiger partial charge in [-0.3, -0.25) is 9.59 Å². The summed E-state index contributed by atoms with van der Waals surface area (Å²) in [5.74, 6) is -0.252. The Morgan fingerprint density at radius 2 is 1.93 bits per heavy atom. The van der Waals surface area contributed by atoms with Crippen LogP contribution >= 0.6 is 22.9 Å². The minimum atomic E-state index is -0.553. The zero-order chi connectivity index (χ0) is 19.3. The number of rotatable bonds is 3. The van der Waals surface area contributed by atoms with Gasteiger partial charge in [0.25, 0.3) is 0 Å². The van der Waals surface area contributed by atoms with Crippen LogP contribution in [-0.2, 0) is 4.79 Å². The Balaban J connectivity index is 1.84. The molecule has 2 aromatic heterocycles. The van der Waals surface area contributed by atoms with Crippen molar-refractivity contribution in [2.24, 2.45) is 0 Å². The van der Waals surface area contributed by atoms with Gasteiger partial charge in [-0.25, -0.2) is 4.68 Å². The quantitative estimate of drug-likeness (QED) is 0.642. The summed E-state index contributed by atoms with van der Waals surface area (Å²) in [5, 5.41) is 7.55. The average Bonchev–Trinajstić information content (AvgIpc) is 3.16. The molecule has 1 aromatic carbocycles. The van der Waals surface area contributed by atoms with Gasteiger partial charge in [0, 0.05) is 12.0 Å². The number of halogens is 1. The molecule has 1 amide bonds. The number of hydrogen-bond donors (Lipinski definition) is 1. The average molecular weight is 400 g/mol. The van der Waals surface area contributed by atoms with Gasteiger partial charge in [0.05, 0.1) is 26.5 Å². The molecule has 27 heavy (non-hydrogen) atoms. The molecule has 138 valence electrons. The first-order valence-electron chi connectivity index (χ1n) is 8.61. The molecule has 0 saturated carbocycles. The maximum atomic E-state index is 13.1. The Morgan fingerprint density at radius 3 is 2.56 bits per heavy atom. The summed E-state index contributed by atoms with van der Waals surface area (Å²) in [4.78, 5) is 26.0. The maximum Gasteiger partial charge on any atom is 0.226 e. The second-order valence-electron chi connectivity index (χ2n) is 6.88. The van der Waals surface area contributed by atoms with Gasteiger partial charge in [-0.2, -0.15) is 5.10 Å². The smallest absolute Gasteiger partial charge is 0.226 e. The Morgan fingerprint density at radius 1 is 1.22 bits per heavy atom. The number of carbonyl (C=O) groups excluding carboxylic acids is 2. The molecule has 0 aliphatic carbocycles. The van der Waals surface area contributed by atoms with Crippen molar-refractivity contribution in [1.82, 2.24) is 9.78 Å². The number of anilines is 1. The SMILES string of the molecule is Cc1cc(C)cc(-n2nc(C)c3c2NC(=O)C[C@@H]3C(=O)c2ccc(Cl)s2)c1. The van der Waals surface area contributed by atoms with E-state index in [4.69, 9.17) is 11.6 Å². The van der Waals surface area contributed by atoms with Crippen molar-refractivity contribution in [2.75, 3.05) is 5.32 Å². The van der Waals surface area contributed by atoms with E-state index in [2.05, 4.69) is 16.5 Å². The van der Waals surface area contributed by atoms with Gasteiger partial charge in [0.15, 0.2) is 5.78 Å². The van der Waals surface area contributed by atoms with Gasteiger partial charge in [-0.15, -0.1) is 11.3 Å². The number of hydrogen-bond acceptors (Lipinski definition) is 4. The highest BCUT2D eigenvalue weighted by molar-refractivity contribution is 7.18. The second kappa shape index (κ2) is 6.62. The number of carbonyl (C=O) groups is 2.